The van der Waals surface area contributed by atoms with E-state index in [1.807, 2.05) is 0 Å². The molecule has 1 N–H and O–H groups in total. The Bertz CT molecular complexity index is 1400. The topological polar surface area (TPSA) is 141 Å². The molecule has 184 valence electrons. The molecule has 0 bridgehead atoms. The minimum atomic E-state index is -0.673. The Kier molecular flexibility index (Phi) is 7.02. The van der Waals surface area contributed by atoms with Crippen LogP contribution in [0.4, 0.5) is 10.5 Å². The van der Waals surface area contributed by atoms with Gasteiger partial charge in [0.25, 0.3) is 11.6 Å². The summed E-state index contributed by atoms with van der Waals surface area (Å²) < 4.78 is 15.6. The molecule has 2 heterocycles. The van der Waals surface area contributed by atoms with Crippen LogP contribution < -0.4 is 10.1 Å². The molecule has 3 aromatic rings. The van der Waals surface area contributed by atoms with Crippen molar-refractivity contribution in [3.05, 3.63) is 98.1 Å². The number of furan rings is 1. The lowest BCUT2D eigenvalue weighted by molar-refractivity contribution is -0.384. The van der Waals surface area contributed by atoms with Crippen molar-refractivity contribution in [3.8, 4) is 5.75 Å². The summed E-state index contributed by atoms with van der Waals surface area (Å²) in [5.74, 6) is -0.731. The van der Waals surface area contributed by atoms with Gasteiger partial charge >= 0.3 is 12.0 Å². The first-order chi connectivity index (χ1) is 17.2. The molecule has 1 aliphatic heterocycles. The molecule has 1 aliphatic rings. The zero-order chi connectivity index (χ0) is 25.8. The summed E-state index contributed by atoms with van der Waals surface area (Å²) in [6.07, 6.45) is 1.46. The number of nitro benzene ring substituents is 1. The lowest BCUT2D eigenvalue weighted by Gasteiger charge is -2.09. The minimum absolute atomic E-state index is 0.0288. The van der Waals surface area contributed by atoms with Gasteiger partial charge in [0.1, 0.15) is 23.8 Å². The Morgan fingerprint density at radius 1 is 1.19 bits per heavy atom. The number of amides is 3. The summed E-state index contributed by atoms with van der Waals surface area (Å²) in [5.41, 5.74) is 1.11. The second-order valence-electron chi connectivity index (χ2n) is 7.54. The van der Waals surface area contributed by atoms with Gasteiger partial charge in [-0.05, 0) is 41.5 Å². The van der Waals surface area contributed by atoms with E-state index in [9.17, 15) is 24.5 Å². The molecule has 0 saturated carbocycles. The zero-order valence-corrected chi connectivity index (χ0v) is 19.5. The van der Waals surface area contributed by atoms with Gasteiger partial charge in [0, 0.05) is 12.1 Å². The normalized spacial score (nSPS) is 14.2. The number of carbonyl (C=O) groups excluding carboxylic acids is 3. The fourth-order valence-electron chi connectivity index (χ4n) is 3.36. The van der Waals surface area contributed by atoms with Crippen molar-refractivity contribution in [2.24, 2.45) is 0 Å². The van der Waals surface area contributed by atoms with Crippen LogP contribution in [0.25, 0.3) is 6.08 Å². The van der Waals surface area contributed by atoms with E-state index < -0.39 is 22.8 Å². The average molecular weight is 512 g/mol. The molecule has 0 atom stereocenters. The van der Waals surface area contributed by atoms with E-state index in [4.69, 9.17) is 20.8 Å². The molecule has 1 saturated heterocycles. The van der Waals surface area contributed by atoms with Gasteiger partial charge in [-0.15, -0.1) is 0 Å². The lowest BCUT2D eigenvalue weighted by Crippen LogP contribution is -2.30. The quantitative estimate of drug-likeness (QED) is 0.155. The van der Waals surface area contributed by atoms with Gasteiger partial charge in [-0.25, -0.2) is 9.59 Å². The first-order valence-electron chi connectivity index (χ1n) is 10.4. The van der Waals surface area contributed by atoms with E-state index in [0.29, 0.717) is 16.9 Å². The number of hydrogen-bond donors (Lipinski definition) is 1. The first-order valence-corrected chi connectivity index (χ1v) is 10.8. The zero-order valence-electron chi connectivity index (χ0n) is 18.7. The summed E-state index contributed by atoms with van der Waals surface area (Å²) in [7, 11) is 1.21. The average Bonchev–Trinajstić information content (AvgIpc) is 3.43. The summed E-state index contributed by atoms with van der Waals surface area (Å²) in [6.45, 7) is -0.111. The third kappa shape index (κ3) is 5.36. The standard InChI is InChI=1S/C24H18ClN3O8/c1-34-23(30)21-8-6-17(36-21)12-27-22(29)19(26-24(27)31)11-14-5-7-20(18(25)10-14)35-13-15-3-2-4-16(9-15)28(32)33/h2-11H,12-13H2,1H3,(H,26,31)/b19-11-. The molecule has 4 rings (SSSR count). The number of benzene rings is 2. The van der Waals surface area contributed by atoms with Crippen molar-refractivity contribution in [2.75, 3.05) is 7.11 Å². The number of nitrogens with one attached hydrogen (secondary N) is 1. The van der Waals surface area contributed by atoms with Crippen LogP contribution in [0.2, 0.25) is 5.02 Å². The molecule has 3 amide bonds. The van der Waals surface area contributed by atoms with Gasteiger partial charge in [0.15, 0.2) is 0 Å². The highest BCUT2D eigenvalue weighted by Crippen LogP contribution is 2.28. The third-order valence-electron chi connectivity index (χ3n) is 5.11. The van der Waals surface area contributed by atoms with Crippen molar-refractivity contribution in [1.82, 2.24) is 10.2 Å². The smallest absolute Gasteiger partial charge is 0.373 e. The number of halogens is 1. The van der Waals surface area contributed by atoms with Crippen LogP contribution in [0.3, 0.4) is 0 Å². The maximum atomic E-state index is 12.7. The predicted octanol–water partition coefficient (Wildman–Crippen LogP) is 4.30. The number of non-ortho nitro benzene ring substituents is 1. The molecular weight excluding hydrogens is 494 g/mol. The highest BCUT2D eigenvalue weighted by atomic mass is 35.5. The number of nitro groups is 1. The van der Waals surface area contributed by atoms with Crippen molar-refractivity contribution >= 4 is 41.3 Å². The van der Waals surface area contributed by atoms with Crippen LogP contribution in [-0.4, -0.2) is 34.8 Å². The molecule has 1 fully saturated rings. The SMILES string of the molecule is COC(=O)c1ccc(CN2C(=O)N/C(=C\c3ccc(OCc4cccc([N+](=O)[O-])c4)c(Cl)c3)C2=O)o1. The van der Waals surface area contributed by atoms with Crippen molar-refractivity contribution in [1.29, 1.82) is 0 Å². The number of imide groups is 1. The van der Waals surface area contributed by atoms with E-state index in [-0.39, 0.29) is 41.1 Å². The van der Waals surface area contributed by atoms with Gasteiger partial charge in [0.2, 0.25) is 5.76 Å². The van der Waals surface area contributed by atoms with Crippen LogP contribution in [0.5, 0.6) is 5.75 Å². The molecular formula is C24H18ClN3O8. The number of nitrogens with zero attached hydrogens (tertiary/aromatic N) is 2. The van der Waals surface area contributed by atoms with Gasteiger partial charge in [-0.2, -0.15) is 0 Å². The van der Waals surface area contributed by atoms with E-state index in [2.05, 4.69) is 10.1 Å². The summed E-state index contributed by atoms with van der Waals surface area (Å²) >= 11 is 6.31. The highest BCUT2D eigenvalue weighted by Gasteiger charge is 2.34. The molecule has 0 spiro atoms. The lowest BCUT2D eigenvalue weighted by atomic mass is 10.1. The molecule has 0 unspecified atom stereocenters. The monoisotopic (exact) mass is 511 g/mol. The number of urea groups is 1. The van der Waals surface area contributed by atoms with E-state index in [1.54, 1.807) is 30.3 Å². The number of esters is 1. The summed E-state index contributed by atoms with van der Waals surface area (Å²) in [5, 5.41) is 13.7. The van der Waals surface area contributed by atoms with Crippen LogP contribution in [0.15, 0.2) is 64.7 Å². The molecule has 1 aromatic heterocycles. The van der Waals surface area contributed by atoms with Gasteiger partial charge < -0.3 is 19.2 Å². The second-order valence-corrected chi connectivity index (χ2v) is 7.95. The van der Waals surface area contributed by atoms with Crippen molar-refractivity contribution < 1.29 is 33.2 Å². The van der Waals surface area contributed by atoms with Crippen molar-refractivity contribution in [3.63, 3.8) is 0 Å². The molecule has 12 heteroatoms. The number of ether oxygens (including phenoxy) is 2. The summed E-state index contributed by atoms with van der Waals surface area (Å²) in [6, 6.07) is 13.0. The number of carbonyl (C=O) groups is 3. The highest BCUT2D eigenvalue weighted by molar-refractivity contribution is 6.32. The maximum absolute atomic E-state index is 12.7. The van der Waals surface area contributed by atoms with E-state index in [1.165, 1.54) is 37.5 Å². The molecule has 2 aromatic carbocycles. The van der Waals surface area contributed by atoms with Crippen LogP contribution in [-0.2, 0) is 22.7 Å². The van der Waals surface area contributed by atoms with Gasteiger partial charge in [0.05, 0.1) is 23.6 Å². The maximum Gasteiger partial charge on any atom is 0.373 e. The largest absolute Gasteiger partial charge is 0.487 e. The third-order valence-corrected chi connectivity index (χ3v) is 5.40. The van der Waals surface area contributed by atoms with E-state index in [0.717, 1.165) is 4.90 Å². The van der Waals surface area contributed by atoms with E-state index >= 15 is 0 Å². The number of rotatable bonds is 8. The second kappa shape index (κ2) is 10.3. The van der Waals surface area contributed by atoms with Crippen molar-refractivity contribution in [2.45, 2.75) is 13.2 Å². The molecule has 0 radical (unpaired) electrons. The Morgan fingerprint density at radius 2 is 2.00 bits per heavy atom. The molecule has 11 nitrogen and oxygen atoms in total. The van der Waals surface area contributed by atoms with Crippen LogP contribution in [0.1, 0.15) is 27.4 Å². The fraction of sp³-hybridized carbons (Fsp3) is 0.125. The molecule has 0 aliphatic carbocycles. The predicted molar refractivity (Wildman–Crippen MR) is 126 cm³/mol. The Hall–Kier alpha value is -4.64. The number of methoxy groups -OCH3 is 1. The summed E-state index contributed by atoms with van der Waals surface area (Å²) in [4.78, 5) is 48.0. The Balaban J connectivity index is 1.43. The Morgan fingerprint density at radius 3 is 2.72 bits per heavy atom. The molecule has 36 heavy (non-hydrogen) atoms. The minimum Gasteiger partial charge on any atom is -0.487 e. The Labute approximate surface area is 209 Å². The first kappa shape index (κ1) is 24.5. The van der Waals surface area contributed by atoms with Crippen LogP contribution >= 0.6 is 11.6 Å². The fourth-order valence-corrected chi connectivity index (χ4v) is 3.60. The van der Waals surface area contributed by atoms with Crippen LogP contribution in [0, 0.1) is 10.1 Å². The van der Waals surface area contributed by atoms with Gasteiger partial charge in [-0.3, -0.25) is 19.8 Å². The van der Waals surface area contributed by atoms with Gasteiger partial charge in [-0.1, -0.05) is 29.8 Å². The number of hydrogen-bond acceptors (Lipinski definition) is 8.